The van der Waals surface area contributed by atoms with Crippen molar-refractivity contribution < 1.29 is 9.53 Å². The molecule has 0 N–H and O–H groups in total. The summed E-state index contributed by atoms with van der Waals surface area (Å²) in [7, 11) is 1.60. The molecule has 0 aliphatic heterocycles. The van der Waals surface area contributed by atoms with Gasteiger partial charge in [-0.3, -0.25) is 4.79 Å². The van der Waals surface area contributed by atoms with E-state index in [-0.39, 0.29) is 14.1 Å². The molecule has 0 fully saturated rings. The number of carbonyl (C=O) groups is 1. The lowest BCUT2D eigenvalue weighted by Crippen LogP contribution is -2.06. The second-order valence-electron chi connectivity index (χ2n) is 4.23. The molecule has 0 radical (unpaired) electrons. The molecule has 0 saturated carbocycles. The van der Waals surface area contributed by atoms with Crippen molar-refractivity contribution in [1.29, 1.82) is 0 Å². The van der Waals surface area contributed by atoms with E-state index in [1.54, 1.807) is 25.3 Å². The monoisotopic (exact) mass is 326 g/mol. The van der Waals surface area contributed by atoms with Crippen molar-refractivity contribution in [2.75, 3.05) is 7.11 Å². The summed E-state index contributed by atoms with van der Waals surface area (Å²) in [4.78, 5) is 12.4. The summed E-state index contributed by atoms with van der Waals surface area (Å²) < 4.78 is 5.15. The molecule has 2 aromatic carbocycles. The van der Waals surface area contributed by atoms with Gasteiger partial charge in [0.05, 0.1) is 22.7 Å². The van der Waals surface area contributed by atoms with E-state index < -0.39 is 0 Å². The lowest BCUT2D eigenvalue weighted by atomic mass is 10.2. The summed E-state index contributed by atoms with van der Waals surface area (Å²) in [6, 6.07) is 10.7. The molecule has 2 nitrogen and oxygen atoms in total. The molecule has 0 aromatic heterocycles. The first-order valence-electron chi connectivity index (χ1n) is 5.93. The molecule has 0 amide bonds. The summed E-state index contributed by atoms with van der Waals surface area (Å²) in [6.45, 7) is 1.95. The molecule has 104 valence electrons. The van der Waals surface area contributed by atoms with E-state index in [1.807, 2.05) is 25.1 Å². The Morgan fingerprint density at radius 3 is 2.35 bits per heavy atom. The van der Waals surface area contributed by atoms with Crippen LogP contribution in [0.3, 0.4) is 0 Å². The van der Waals surface area contributed by atoms with Gasteiger partial charge in [-0.25, -0.2) is 0 Å². The largest absolute Gasteiger partial charge is 0.497 e. The predicted molar refractivity (Wildman–Crippen MR) is 86.5 cm³/mol. The minimum atomic E-state index is -0.0612. The van der Waals surface area contributed by atoms with Gasteiger partial charge in [-0.2, -0.15) is 0 Å². The van der Waals surface area contributed by atoms with Gasteiger partial charge in [0.1, 0.15) is 5.75 Å². The van der Waals surface area contributed by atoms with Crippen molar-refractivity contribution in [3.63, 3.8) is 0 Å². The van der Waals surface area contributed by atoms with Crippen LogP contribution in [0.2, 0.25) is 10.0 Å². The van der Waals surface area contributed by atoms with Crippen molar-refractivity contribution >= 4 is 42.6 Å². The van der Waals surface area contributed by atoms with Gasteiger partial charge in [0, 0.05) is 0 Å². The highest BCUT2D eigenvalue weighted by Crippen LogP contribution is 2.31. The first-order valence-corrected chi connectivity index (χ1v) is 7.68. The molecular weight excluding hydrogens is 314 g/mol. The van der Waals surface area contributed by atoms with Crippen LogP contribution in [0, 0.1) is 6.92 Å². The van der Waals surface area contributed by atoms with E-state index >= 15 is 0 Å². The summed E-state index contributed by atoms with van der Waals surface area (Å²) in [5, 5.41) is 1.74. The van der Waals surface area contributed by atoms with Gasteiger partial charge in [0.2, 0.25) is 0 Å². The molecule has 0 heterocycles. The topological polar surface area (TPSA) is 26.3 Å². The number of ether oxygens (including phenoxy) is 1. The Labute approximate surface area is 129 Å². The molecule has 2 rings (SSSR count). The zero-order valence-corrected chi connectivity index (χ0v) is 13.5. The summed E-state index contributed by atoms with van der Waals surface area (Å²) in [5.74, 6) is 0.777. The van der Waals surface area contributed by atoms with Gasteiger partial charge in [0.15, 0.2) is 5.52 Å². The van der Waals surface area contributed by atoms with Crippen LogP contribution in [0.25, 0.3) is 0 Å². The van der Waals surface area contributed by atoms with Crippen LogP contribution in [0.5, 0.6) is 5.75 Å². The summed E-state index contributed by atoms with van der Waals surface area (Å²) >= 11 is 12.1. The maximum atomic E-state index is 12.4. The van der Waals surface area contributed by atoms with Crippen LogP contribution in [-0.2, 0) is 0 Å². The van der Waals surface area contributed by atoms with Crippen LogP contribution in [0.15, 0.2) is 36.4 Å². The van der Waals surface area contributed by atoms with Crippen LogP contribution < -0.4 is 10.0 Å². The number of carbonyl (C=O) groups excluding carboxylic acids is 1. The maximum Gasteiger partial charge on any atom is 0.188 e. The molecule has 1 atom stereocenters. The van der Waals surface area contributed by atoms with Crippen molar-refractivity contribution in [2.24, 2.45) is 0 Å². The Bertz CT molecular complexity index is 636. The number of rotatable bonds is 4. The number of aryl methyl sites for hydroxylation is 1. The Hall–Kier alpha value is -1.08. The minimum absolute atomic E-state index is 0.0183. The van der Waals surface area contributed by atoms with Gasteiger partial charge in [-0.15, -0.1) is 0 Å². The van der Waals surface area contributed by atoms with Crippen LogP contribution in [0.1, 0.15) is 15.9 Å². The molecule has 1 unspecified atom stereocenters. The molecule has 0 saturated heterocycles. The van der Waals surface area contributed by atoms with Crippen LogP contribution in [0.4, 0.5) is 0 Å². The van der Waals surface area contributed by atoms with Crippen molar-refractivity contribution in [1.82, 2.24) is 0 Å². The molecule has 0 spiro atoms. The zero-order chi connectivity index (χ0) is 14.7. The number of hydrogen-bond donors (Lipinski definition) is 0. The highest BCUT2D eigenvalue weighted by atomic mass is 35.5. The molecule has 0 aliphatic rings. The molecule has 5 heteroatoms. The smallest absolute Gasteiger partial charge is 0.188 e. The lowest BCUT2D eigenvalue weighted by molar-refractivity contribution is 0.108. The third-order valence-electron chi connectivity index (χ3n) is 2.87. The summed E-state index contributed by atoms with van der Waals surface area (Å²) in [5.41, 5.74) is 1.34. The fraction of sp³-hybridized carbons (Fsp3) is 0.133. The Morgan fingerprint density at radius 1 is 1.15 bits per heavy atom. The van der Waals surface area contributed by atoms with E-state index in [2.05, 4.69) is 0 Å². The van der Waals surface area contributed by atoms with Crippen molar-refractivity contribution in [3.8, 4) is 5.75 Å². The van der Waals surface area contributed by atoms with E-state index in [0.717, 1.165) is 16.6 Å². The second kappa shape index (κ2) is 6.58. The molecule has 0 aliphatic carbocycles. The van der Waals surface area contributed by atoms with Crippen LogP contribution in [-0.4, -0.2) is 12.6 Å². The maximum absolute atomic E-state index is 12.4. The average molecular weight is 327 g/mol. The van der Waals surface area contributed by atoms with Gasteiger partial charge >= 0.3 is 0 Å². The number of halogens is 2. The Morgan fingerprint density at radius 2 is 1.80 bits per heavy atom. The number of benzene rings is 2. The highest BCUT2D eigenvalue weighted by molar-refractivity contribution is 7.66. The first kappa shape index (κ1) is 15.3. The van der Waals surface area contributed by atoms with Gasteiger partial charge in [-0.05, 0) is 50.6 Å². The standard InChI is InChI=1S/C15H13Cl2O2P/c1-9-8-10(19-2)6-7-13(9)20-15(18)14-11(16)4-3-5-12(14)17/h3-8,20H,1-2H3. The van der Waals surface area contributed by atoms with Gasteiger partial charge < -0.3 is 4.74 Å². The van der Waals surface area contributed by atoms with Crippen LogP contribution >= 0.6 is 31.8 Å². The third-order valence-corrected chi connectivity index (χ3v) is 4.81. The predicted octanol–water partition coefficient (Wildman–Crippen LogP) is 4.45. The SMILES string of the molecule is COc1ccc(PC(=O)c2c(Cl)cccc2Cl)c(C)c1. The van der Waals surface area contributed by atoms with Crippen molar-refractivity contribution in [3.05, 3.63) is 57.6 Å². The van der Waals surface area contributed by atoms with E-state index in [4.69, 9.17) is 27.9 Å². The quantitative estimate of drug-likeness (QED) is 0.775. The fourth-order valence-electron chi connectivity index (χ4n) is 1.80. The normalized spacial score (nSPS) is 11.0. The molecule has 2 aromatic rings. The molecule has 0 bridgehead atoms. The third kappa shape index (κ3) is 3.32. The van der Waals surface area contributed by atoms with E-state index in [0.29, 0.717) is 15.6 Å². The Kier molecular flexibility index (Phi) is 5.04. The highest BCUT2D eigenvalue weighted by Gasteiger charge is 2.16. The number of methoxy groups -OCH3 is 1. The summed E-state index contributed by atoms with van der Waals surface area (Å²) in [6.07, 6.45) is 0. The van der Waals surface area contributed by atoms with Gasteiger partial charge in [-0.1, -0.05) is 35.3 Å². The lowest BCUT2D eigenvalue weighted by Gasteiger charge is -2.09. The van der Waals surface area contributed by atoms with Crippen molar-refractivity contribution in [2.45, 2.75) is 6.92 Å². The van der Waals surface area contributed by atoms with E-state index in [1.165, 1.54) is 0 Å². The first-order chi connectivity index (χ1) is 9.52. The zero-order valence-electron chi connectivity index (χ0n) is 11.0. The minimum Gasteiger partial charge on any atom is -0.497 e. The van der Waals surface area contributed by atoms with E-state index in [9.17, 15) is 4.79 Å². The molecular formula is C15H13Cl2O2P. The average Bonchev–Trinajstić information content (AvgIpc) is 2.41. The Balaban J connectivity index is 2.28. The molecule has 20 heavy (non-hydrogen) atoms. The number of hydrogen-bond acceptors (Lipinski definition) is 2. The van der Waals surface area contributed by atoms with Gasteiger partial charge in [0.25, 0.3) is 0 Å². The fourth-order valence-corrected chi connectivity index (χ4v) is 3.61. The second-order valence-corrected chi connectivity index (χ2v) is 6.29.